The molecule has 0 radical (unpaired) electrons. The summed E-state index contributed by atoms with van der Waals surface area (Å²) in [6.07, 6.45) is 1.18. The van der Waals surface area contributed by atoms with Crippen molar-refractivity contribution in [1.29, 1.82) is 0 Å². The van der Waals surface area contributed by atoms with Gasteiger partial charge in [0.15, 0.2) is 5.96 Å². The maximum atomic E-state index is 11.2. The zero-order valence-electron chi connectivity index (χ0n) is 13.2. The number of benzene rings is 1. The number of hydrogen-bond donors (Lipinski definition) is 2. The molecule has 1 saturated heterocycles. The highest BCUT2D eigenvalue weighted by molar-refractivity contribution is 8.00. The molecule has 0 aliphatic carbocycles. The summed E-state index contributed by atoms with van der Waals surface area (Å²) in [5.74, 6) is 1.66. The van der Waals surface area contributed by atoms with Gasteiger partial charge in [0.2, 0.25) is 5.91 Å². The van der Waals surface area contributed by atoms with E-state index in [4.69, 9.17) is 5.73 Å². The lowest BCUT2D eigenvalue weighted by Crippen LogP contribution is -2.47. The van der Waals surface area contributed by atoms with Gasteiger partial charge in [-0.2, -0.15) is 11.8 Å². The Bertz CT molecular complexity index is 547. The van der Waals surface area contributed by atoms with Crippen LogP contribution in [-0.2, 0) is 6.54 Å². The first-order chi connectivity index (χ1) is 10.6. The van der Waals surface area contributed by atoms with Gasteiger partial charge in [-0.25, -0.2) is 0 Å². The molecule has 2 rings (SSSR count). The highest BCUT2D eigenvalue weighted by atomic mass is 32.2. The van der Waals surface area contributed by atoms with Crippen LogP contribution in [0.15, 0.2) is 29.3 Å². The van der Waals surface area contributed by atoms with Gasteiger partial charge in [0.1, 0.15) is 0 Å². The quantitative estimate of drug-likeness (QED) is 0.654. The van der Waals surface area contributed by atoms with Crippen LogP contribution < -0.4 is 11.1 Å². The van der Waals surface area contributed by atoms with Gasteiger partial charge in [-0.3, -0.25) is 9.79 Å². The number of nitrogens with zero attached hydrogens (tertiary/aromatic N) is 2. The first kappa shape index (κ1) is 16.7. The molecule has 120 valence electrons. The van der Waals surface area contributed by atoms with E-state index in [9.17, 15) is 4.79 Å². The molecular weight excluding hydrogens is 296 g/mol. The molecular formula is C16H24N4OS. The van der Waals surface area contributed by atoms with E-state index in [0.29, 0.717) is 17.4 Å². The van der Waals surface area contributed by atoms with E-state index in [1.807, 2.05) is 37.0 Å². The largest absolute Gasteiger partial charge is 0.366 e. The molecule has 1 fully saturated rings. The lowest BCUT2D eigenvalue weighted by Gasteiger charge is -2.34. The first-order valence-electron chi connectivity index (χ1n) is 7.60. The second-order valence-electron chi connectivity index (χ2n) is 5.31. The fourth-order valence-electron chi connectivity index (χ4n) is 2.51. The summed E-state index contributed by atoms with van der Waals surface area (Å²) in [6, 6.07) is 7.38. The van der Waals surface area contributed by atoms with Gasteiger partial charge in [-0.15, -0.1) is 0 Å². The second-order valence-corrected chi connectivity index (χ2v) is 6.72. The van der Waals surface area contributed by atoms with E-state index in [-0.39, 0.29) is 0 Å². The predicted octanol–water partition coefficient (Wildman–Crippen LogP) is 1.69. The maximum Gasteiger partial charge on any atom is 0.248 e. The number of amides is 1. The van der Waals surface area contributed by atoms with Crippen LogP contribution in [0.2, 0.25) is 0 Å². The van der Waals surface area contributed by atoms with E-state index < -0.39 is 5.91 Å². The summed E-state index contributed by atoms with van der Waals surface area (Å²) in [5.41, 5.74) is 6.88. The number of rotatable bonds is 4. The molecule has 0 bridgehead atoms. The zero-order chi connectivity index (χ0) is 15.9. The van der Waals surface area contributed by atoms with Crippen molar-refractivity contribution in [2.75, 3.05) is 25.9 Å². The standard InChI is InChI=1S/C16H24N4OS/c1-3-14-11-20(7-8-22-14)16(18-2)19-10-12-5-4-6-13(9-12)15(17)21/h4-6,9,14H,3,7-8,10-11H2,1-2H3,(H2,17,21)(H,18,19). The van der Waals surface area contributed by atoms with Gasteiger partial charge in [-0.1, -0.05) is 19.1 Å². The molecule has 22 heavy (non-hydrogen) atoms. The minimum absolute atomic E-state index is 0.398. The highest BCUT2D eigenvalue weighted by Gasteiger charge is 2.21. The number of nitrogens with two attached hydrogens (primary N) is 1. The van der Waals surface area contributed by atoms with Gasteiger partial charge in [-0.05, 0) is 24.1 Å². The van der Waals surface area contributed by atoms with E-state index in [0.717, 1.165) is 30.4 Å². The molecule has 0 spiro atoms. The van der Waals surface area contributed by atoms with Crippen LogP contribution in [-0.4, -0.2) is 47.9 Å². The third-order valence-corrected chi connectivity index (χ3v) is 5.14. The van der Waals surface area contributed by atoms with E-state index in [1.165, 1.54) is 6.42 Å². The van der Waals surface area contributed by atoms with E-state index in [1.54, 1.807) is 6.07 Å². The average Bonchev–Trinajstić information content (AvgIpc) is 2.56. The van der Waals surface area contributed by atoms with Gasteiger partial charge >= 0.3 is 0 Å². The van der Waals surface area contributed by atoms with Crippen molar-refractivity contribution in [3.63, 3.8) is 0 Å². The van der Waals surface area contributed by atoms with Crippen molar-refractivity contribution < 1.29 is 4.79 Å². The van der Waals surface area contributed by atoms with Crippen molar-refractivity contribution in [3.05, 3.63) is 35.4 Å². The minimum atomic E-state index is -0.398. The Morgan fingerprint density at radius 1 is 1.55 bits per heavy atom. The van der Waals surface area contributed by atoms with Crippen LogP contribution in [0.1, 0.15) is 29.3 Å². The molecule has 1 aromatic carbocycles. The second kappa shape index (κ2) is 8.08. The van der Waals surface area contributed by atoms with Crippen LogP contribution in [0.4, 0.5) is 0 Å². The Kier molecular flexibility index (Phi) is 6.12. The van der Waals surface area contributed by atoms with Crippen LogP contribution in [0.25, 0.3) is 0 Å². The molecule has 1 aliphatic rings. The highest BCUT2D eigenvalue weighted by Crippen LogP contribution is 2.21. The van der Waals surface area contributed by atoms with Crippen molar-refractivity contribution >= 4 is 23.6 Å². The summed E-state index contributed by atoms with van der Waals surface area (Å²) in [7, 11) is 1.81. The van der Waals surface area contributed by atoms with Crippen LogP contribution in [0.5, 0.6) is 0 Å². The number of primary amides is 1. The molecule has 1 heterocycles. The lowest BCUT2D eigenvalue weighted by atomic mass is 10.1. The SMILES string of the molecule is CCC1CN(C(=NC)NCc2cccc(C(N)=O)c2)CCS1. The molecule has 3 N–H and O–H groups in total. The zero-order valence-corrected chi connectivity index (χ0v) is 14.0. The molecule has 1 aliphatic heterocycles. The number of carbonyl (C=O) groups is 1. The number of guanidine groups is 1. The Hall–Kier alpha value is -1.69. The van der Waals surface area contributed by atoms with Crippen LogP contribution in [0.3, 0.4) is 0 Å². The van der Waals surface area contributed by atoms with Crippen LogP contribution in [0, 0.1) is 0 Å². The molecule has 1 amide bonds. The third kappa shape index (κ3) is 4.40. The summed E-state index contributed by atoms with van der Waals surface area (Å²) in [6.45, 7) is 4.91. The smallest absolute Gasteiger partial charge is 0.248 e. The number of nitrogens with one attached hydrogen (secondary N) is 1. The van der Waals surface area contributed by atoms with Gasteiger partial charge < -0.3 is 16.0 Å². The van der Waals surface area contributed by atoms with Crippen molar-refractivity contribution in [3.8, 4) is 0 Å². The fourth-order valence-corrected chi connectivity index (χ4v) is 3.69. The third-order valence-electron chi connectivity index (χ3n) is 3.77. The van der Waals surface area contributed by atoms with E-state index in [2.05, 4.69) is 22.1 Å². The Balaban J connectivity index is 1.96. The van der Waals surface area contributed by atoms with Crippen molar-refractivity contribution in [1.82, 2.24) is 10.2 Å². The monoisotopic (exact) mass is 320 g/mol. The van der Waals surface area contributed by atoms with Gasteiger partial charge in [0.05, 0.1) is 0 Å². The Labute approximate surface area is 136 Å². The fraction of sp³-hybridized carbons (Fsp3) is 0.500. The minimum Gasteiger partial charge on any atom is -0.366 e. The molecule has 0 aromatic heterocycles. The predicted molar refractivity (Wildman–Crippen MR) is 93.3 cm³/mol. The summed E-state index contributed by atoms with van der Waals surface area (Å²) < 4.78 is 0. The molecule has 1 aromatic rings. The number of thioether (sulfide) groups is 1. The first-order valence-corrected chi connectivity index (χ1v) is 8.64. The molecule has 1 atom stereocenters. The van der Waals surface area contributed by atoms with Crippen molar-refractivity contribution in [2.45, 2.75) is 25.1 Å². The van der Waals surface area contributed by atoms with Gasteiger partial charge in [0.25, 0.3) is 0 Å². The van der Waals surface area contributed by atoms with Gasteiger partial charge in [0, 0.05) is 43.2 Å². The molecule has 6 heteroatoms. The summed E-state index contributed by atoms with van der Waals surface area (Å²) >= 11 is 2.04. The van der Waals surface area contributed by atoms with E-state index >= 15 is 0 Å². The maximum absolute atomic E-state index is 11.2. The number of carbonyl (C=O) groups excluding carboxylic acids is 1. The average molecular weight is 320 g/mol. The number of hydrogen-bond acceptors (Lipinski definition) is 3. The number of aliphatic imine (C=N–C) groups is 1. The summed E-state index contributed by atoms with van der Waals surface area (Å²) in [5, 5.41) is 4.05. The Morgan fingerprint density at radius 2 is 2.36 bits per heavy atom. The molecule has 0 saturated carbocycles. The lowest BCUT2D eigenvalue weighted by molar-refractivity contribution is 0.1000. The Morgan fingerprint density at radius 3 is 3.05 bits per heavy atom. The molecule has 1 unspecified atom stereocenters. The van der Waals surface area contributed by atoms with Crippen LogP contribution >= 0.6 is 11.8 Å². The molecule has 5 nitrogen and oxygen atoms in total. The summed E-state index contributed by atoms with van der Waals surface area (Å²) in [4.78, 5) is 17.9. The topological polar surface area (TPSA) is 70.7 Å². The van der Waals surface area contributed by atoms with Crippen molar-refractivity contribution in [2.24, 2.45) is 10.7 Å². The normalized spacial score (nSPS) is 19.1.